The molecule has 0 fully saturated rings. The molecule has 1 N–H and O–H groups in total. The molecule has 7 heteroatoms. The molecular formula is C27H24N4O2S. The molecule has 0 aliphatic heterocycles. The summed E-state index contributed by atoms with van der Waals surface area (Å²) >= 11 is 1.26. The van der Waals surface area contributed by atoms with Crippen LogP contribution in [0.15, 0.2) is 88.8 Å². The SMILES string of the molecule is N#CCc1ccc(NC(=O)CSc2nc3ccccc3c(=O)n2CCCc2ccccc2)cc1. The number of carbonyl (C=O) groups excluding carboxylic acids is 1. The Morgan fingerprint density at radius 3 is 2.47 bits per heavy atom. The fourth-order valence-electron chi connectivity index (χ4n) is 3.67. The average Bonchev–Trinajstić information content (AvgIpc) is 2.86. The van der Waals surface area contributed by atoms with Crippen LogP contribution < -0.4 is 10.9 Å². The third-order valence-electron chi connectivity index (χ3n) is 5.37. The predicted octanol–water partition coefficient (Wildman–Crippen LogP) is 4.83. The number of rotatable bonds is 9. The molecule has 0 atom stereocenters. The van der Waals surface area contributed by atoms with Gasteiger partial charge in [-0.15, -0.1) is 0 Å². The van der Waals surface area contributed by atoms with E-state index in [4.69, 9.17) is 5.26 Å². The van der Waals surface area contributed by atoms with Crippen molar-refractivity contribution >= 4 is 34.3 Å². The number of hydrogen-bond donors (Lipinski definition) is 1. The molecule has 1 amide bonds. The van der Waals surface area contributed by atoms with E-state index in [1.807, 2.05) is 48.5 Å². The Hall–Kier alpha value is -3.89. The van der Waals surface area contributed by atoms with Crippen LogP contribution in [0.1, 0.15) is 17.5 Å². The van der Waals surface area contributed by atoms with E-state index in [2.05, 4.69) is 28.5 Å². The number of thioether (sulfide) groups is 1. The summed E-state index contributed by atoms with van der Waals surface area (Å²) in [6.07, 6.45) is 1.98. The number of nitrogens with zero attached hydrogens (tertiary/aromatic N) is 3. The van der Waals surface area contributed by atoms with Gasteiger partial charge >= 0.3 is 0 Å². The summed E-state index contributed by atoms with van der Waals surface area (Å²) in [5.41, 5.74) is 3.32. The number of aryl methyl sites for hydroxylation is 1. The van der Waals surface area contributed by atoms with Crippen LogP contribution in [-0.4, -0.2) is 21.2 Å². The van der Waals surface area contributed by atoms with Crippen LogP contribution in [0.5, 0.6) is 0 Å². The molecule has 34 heavy (non-hydrogen) atoms. The minimum atomic E-state index is -0.184. The number of anilines is 1. The van der Waals surface area contributed by atoms with Crippen molar-refractivity contribution in [2.24, 2.45) is 0 Å². The molecule has 170 valence electrons. The molecule has 0 aliphatic rings. The molecule has 0 saturated heterocycles. The summed E-state index contributed by atoms with van der Waals surface area (Å²) in [6, 6.07) is 26.8. The zero-order valence-electron chi connectivity index (χ0n) is 18.6. The largest absolute Gasteiger partial charge is 0.325 e. The Labute approximate surface area is 202 Å². The van der Waals surface area contributed by atoms with Crippen LogP contribution in [0.2, 0.25) is 0 Å². The molecule has 0 bridgehead atoms. The third-order valence-corrected chi connectivity index (χ3v) is 6.35. The standard InChI is InChI=1S/C27H24N4O2S/c28-17-16-21-12-14-22(15-13-21)29-25(32)19-34-27-30-24-11-5-4-10-23(24)26(33)31(27)18-6-9-20-7-2-1-3-8-20/h1-5,7-8,10-15H,6,9,16,18-19H2,(H,29,32). The average molecular weight is 469 g/mol. The van der Waals surface area contributed by atoms with Crippen molar-refractivity contribution in [1.29, 1.82) is 5.26 Å². The van der Waals surface area contributed by atoms with Crippen molar-refractivity contribution in [3.8, 4) is 6.07 Å². The Morgan fingerprint density at radius 2 is 1.71 bits per heavy atom. The highest BCUT2D eigenvalue weighted by molar-refractivity contribution is 7.99. The second-order valence-electron chi connectivity index (χ2n) is 7.83. The van der Waals surface area contributed by atoms with Crippen molar-refractivity contribution < 1.29 is 4.79 Å². The minimum Gasteiger partial charge on any atom is -0.325 e. The van der Waals surface area contributed by atoms with E-state index >= 15 is 0 Å². The first-order valence-corrected chi connectivity index (χ1v) is 12.0. The molecule has 0 saturated carbocycles. The maximum absolute atomic E-state index is 13.2. The van der Waals surface area contributed by atoms with E-state index in [1.54, 1.807) is 22.8 Å². The first kappa shape index (κ1) is 23.3. The predicted molar refractivity (Wildman–Crippen MR) is 136 cm³/mol. The number of para-hydroxylation sites is 1. The number of nitrogens with one attached hydrogen (secondary N) is 1. The number of nitriles is 1. The van der Waals surface area contributed by atoms with Gasteiger partial charge in [-0.3, -0.25) is 14.2 Å². The molecule has 1 heterocycles. The second kappa shape index (κ2) is 11.3. The van der Waals surface area contributed by atoms with Gasteiger partial charge in [-0.25, -0.2) is 4.98 Å². The lowest BCUT2D eigenvalue weighted by atomic mass is 10.1. The molecule has 0 aliphatic carbocycles. The second-order valence-corrected chi connectivity index (χ2v) is 8.77. The van der Waals surface area contributed by atoms with Crippen molar-refractivity contribution in [3.63, 3.8) is 0 Å². The lowest BCUT2D eigenvalue weighted by Crippen LogP contribution is -2.24. The lowest BCUT2D eigenvalue weighted by Gasteiger charge is -2.13. The van der Waals surface area contributed by atoms with Gasteiger partial charge in [-0.1, -0.05) is 66.4 Å². The maximum atomic E-state index is 13.2. The van der Waals surface area contributed by atoms with Crippen molar-refractivity contribution in [2.75, 3.05) is 11.1 Å². The first-order valence-electron chi connectivity index (χ1n) is 11.1. The van der Waals surface area contributed by atoms with Crippen molar-refractivity contribution in [3.05, 3.63) is 100 Å². The number of fused-ring (bicyclic) bond motifs is 1. The number of aromatic nitrogens is 2. The van der Waals surface area contributed by atoms with Crippen LogP contribution in [0.4, 0.5) is 5.69 Å². The topological polar surface area (TPSA) is 87.8 Å². The number of amides is 1. The van der Waals surface area contributed by atoms with Gasteiger partial charge in [0.25, 0.3) is 5.56 Å². The fourth-order valence-corrected chi connectivity index (χ4v) is 4.49. The van der Waals surface area contributed by atoms with Crippen LogP contribution >= 0.6 is 11.8 Å². The van der Waals surface area contributed by atoms with E-state index in [1.165, 1.54) is 17.3 Å². The van der Waals surface area contributed by atoms with E-state index in [9.17, 15) is 9.59 Å². The maximum Gasteiger partial charge on any atom is 0.262 e. The molecule has 4 rings (SSSR count). The molecule has 0 spiro atoms. The Balaban J connectivity index is 1.47. The van der Waals surface area contributed by atoms with E-state index in [0.717, 1.165) is 18.4 Å². The van der Waals surface area contributed by atoms with Gasteiger partial charge in [-0.2, -0.15) is 5.26 Å². The molecular weight excluding hydrogens is 444 g/mol. The smallest absolute Gasteiger partial charge is 0.262 e. The van der Waals surface area contributed by atoms with Crippen LogP contribution in [0.25, 0.3) is 10.9 Å². The zero-order valence-corrected chi connectivity index (χ0v) is 19.4. The molecule has 3 aromatic carbocycles. The summed E-state index contributed by atoms with van der Waals surface area (Å²) in [7, 11) is 0. The quantitative estimate of drug-likeness (QED) is 0.281. The number of carbonyl (C=O) groups is 1. The van der Waals surface area contributed by atoms with Crippen LogP contribution in [-0.2, 0) is 24.2 Å². The van der Waals surface area contributed by atoms with Gasteiger partial charge in [-0.05, 0) is 48.2 Å². The van der Waals surface area contributed by atoms with E-state index < -0.39 is 0 Å². The van der Waals surface area contributed by atoms with Gasteiger partial charge < -0.3 is 5.32 Å². The lowest BCUT2D eigenvalue weighted by molar-refractivity contribution is -0.113. The highest BCUT2D eigenvalue weighted by Crippen LogP contribution is 2.19. The summed E-state index contributed by atoms with van der Waals surface area (Å²) in [4.78, 5) is 30.4. The van der Waals surface area contributed by atoms with Gasteiger partial charge in [0.1, 0.15) is 0 Å². The van der Waals surface area contributed by atoms with Crippen molar-refractivity contribution in [2.45, 2.75) is 31.0 Å². The van der Waals surface area contributed by atoms with Gasteiger partial charge in [0.15, 0.2) is 5.16 Å². The summed E-state index contributed by atoms with van der Waals surface area (Å²) < 4.78 is 1.68. The third kappa shape index (κ3) is 5.91. The molecule has 4 aromatic rings. The van der Waals surface area contributed by atoms with Crippen LogP contribution in [0, 0.1) is 11.3 Å². The Bertz CT molecular complexity index is 1380. The van der Waals surface area contributed by atoms with E-state index in [-0.39, 0.29) is 17.2 Å². The van der Waals surface area contributed by atoms with Crippen molar-refractivity contribution in [1.82, 2.24) is 9.55 Å². The molecule has 6 nitrogen and oxygen atoms in total. The monoisotopic (exact) mass is 468 g/mol. The molecule has 0 radical (unpaired) electrons. The molecule has 1 aromatic heterocycles. The molecule has 0 unspecified atom stereocenters. The summed E-state index contributed by atoms with van der Waals surface area (Å²) in [5.74, 6) is -0.0556. The van der Waals surface area contributed by atoms with Gasteiger partial charge in [0.2, 0.25) is 5.91 Å². The number of benzene rings is 3. The number of hydrogen-bond acceptors (Lipinski definition) is 5. The normalized spacial score (nSPS) is 10.7. The Morgan fingerprint density at radius 1 is 0.971 bits per heavy atom. The zero-order chi connectivity index (χ0) is 23.8. The minimum absolute atomic E-state index is 0.0883. The fraction of sp³-hybridized carbons (Fsp3) is 0.185. The van der Waals surface area contributed by atoms with Crippen LogP contribution in [0.3, 0.4) is 0 Å². The van der Waals surface area contributed by atoms with Gasteiger partial charge in [0, 0.05) is 12.2 Å². The highest BCUT2D eigenvalue weighted by atomic mass is 32.2. The van der Waals surface area contributed by atoms with Gasteiger partial charge in [0.05, 0.1) is 29.1 Å². The first-order chi connectivity index (χ1) is 16.6. The summed E-state index contributed by atoms with van der Waals surface area (Å²) in [5, 5.41) is 12.8. The van der Waals surface area contributed by atoms with E-state index in [0.29, 0.717) is 34.7 Å². The highest BCUT2D eigenvalue weighted by Gasteiger charge is 2.13. The Kier molecular flexibility index (Phi) is 7.74. The summed E-state index contributed by atoms with van der Waals surface area (Å²) in [6.45, 7) is 0.524.